The Bertz CT molecular complexity index is 923. The maximum atomic E-state index is 11.6. The van der Waals surface area contributed by atoms with Crippen molar-refractivity contribution < 1.29 is 23.7 Å². The molecule has 0 radical (unpaired) electrons. The topological polar surface area (TPSA) is 66.0 Å². The van der Waals surface area contributed by atoms with Crippen molar-refractivity contribution in [2.75, 3.05) is 39.6 Å². The molecule has 0 unspecified atom stereocenters. The molecule has 1 N–H and O–H groups in total. The van der Waals surface area contributed by atoms with Gasteiger partial charge in [-0.05, 0) is 37.5 Å². The summed E-state index contributed by atoms with van der Waals surface area (Å²) in [5.41, 5.74) is 1.91. The number of alkyl carbamates (subject to hydrolysis) is 1. The molecule has 1 amide bonds. The zero-order valence-corrected chi connectivity index (χ0v) is 21.4. The Hall–Kier alpha value is -3.19. The average molecular weight is 492 g/mol. The Morgan fingerprint density at radius 2 is 1.06 bits per heavy atom. The van der Waals surface area contributed by atoms with Crippen molar-refractivity contribution in [2.45, 2.75) is 32.0 Å². The van der Waals surface area contributed by atoms with Gasteiger partial charge in [-0.15, -0.1) is 0 Å². The molecule has 0 saturated heterocycles. The van der Waals surface area contributed by atoms with E-state index in [0.717, 1.165) is 16.7 Å². The maximum Gasteiger partial charge on any atom is 0.407 e. The molecule has 0 aliphatic rings. The summed E-state index contributed by atoms with van der Waals surface area (Å²) in [4.78, 5) is 11.6. The molecule has 0 aliphatic carbocycles. The minimum atomic E-state index is -0.753. The first-order valence-corrected chi connectivity index (χ1v) is 12.3. The van der Waals surface area contributed by atoms with Gasteiger partial charge >= 0.3 is 6.09 Å². The number of hydrogen-bond acceptors (Lipinski definition) is 5. The van der Waals surface area contributed by atoms with Gasteiger partial charge < -0.3 is 24.3 Å². The normalized spacial score (nSPS) is 11.8. The van der Waals surface area contributed by atoms with Gasteiger partial charge in [0.25, 0.3) is 0 Å². The van der Waals surface area contributed by atoms with Crippen LogP contribution in [0.1, 0.15) is 37.5 Å². The Kier molecular flexibility index (Phi) is 10.5. The fourth-order valence-electron chi connectivity index (χ4n) is 3.88. The van der Waals surface area contributed by atoms with Crippen LogP contribution < -0.4 is 5.32 Å². The highest BCUT2D eigenvalue weighted by Crippen LogP contribution is 2.40. The van der Waals surface area contributed by atoms with Crippen LogP contribution in [0.2, 0.25) is 0 Å². The first-order chi connectivity index (χ1) is 17.4. The summed E-state index contributed by atoms with van der Waals surface area (Å²) in [7, 11) is 0. The van der Waals surface area contributed by atoms with Crippen molar-refractivity contribution in [2.24, 2.45) is 0 Å². The maximum absolute atomic E-state index is 11.6. The van der Waals surface area contributed by atoms with Crippen LogP contribution in [0.15, 0.2) is 91.0 Å². The SMILES string of the molecule is CC(C)(C)OC(=O)NCCOCCOCCOC(c1ccccc1)(c1ccccc1)c1ccccc1. The van der Waals surface area contributed by atoms with Gasteiger partial charge in [0, 0.05) is 6.54 Å². The molecule has 0 heterocycles. The van der Waals surface area contributed by atoms with Crippen LogP contribution in [0.25, 0.3) is 0 Å². The number of hydrogen-bond donors (Lipinski definition) is 1. The van der Waals surface area contributed by atoms with Crippen LogP contribution in [0.5, 0.6) is 0 Å². The van der Waals surface area contributed by atoms with Gasteiger partial charge in [-0.25, -0.2) is 4.79 Å². The smallest absolute Gasteiger partial charge is 0.407 e. The second-order valence-corrected chi connectivity index (χ2v) is 9.28. The molecule has 0 atom stereocenters. The molecule has 3 rings (SSSR count). The van der Waals surface area contributed by atoms with Crippen molar-refractivity contribution >= 4 is 6.09 Å². The molecule has 0 fully saturated rings. The predicted octanol–water partition coefficient (Wildman–Crippen LogP) is 5.55. The second kappa shape index (κ2) is 13.8. The Morgan fingerprint density at radius 3 is 1.50 bits per heavy atom. The fraction of sp³-hybridized carbons (Fsp3) is 0.367. The van der Waals surface area contributed by atoms with E-state index in [2.05, 4.69) is 41.7 Å². The summed E-state index contributed by atoms with van der Waals surface area (Å²) in [6.07, 6.45) is -0.446. The highest BCUT2D eigenvalue weighted by atomic mass is 16.6. The van der Waals surface area contributed by atoms with Gasteiger partial charge in [0.05, 0.1) is 33.0 Å². The summed E-state index contributed by atoms with van der Waals surface area (Å²) in [5, 5.41) is 2.67. The van der Waals surface area contributed by atoms with Gasteiger partial charge in [-0.2, -0.15) is 0 Å². The minimum Gasteiger partial charge on any atom is -0.444 e. The van der Waals surface area contributed by atoms with E-state index in [1.165, 1.54) is 0 Å². The molecule has 0 saturated carbocycles. The molecule has 3 aromatic rings. The number of ether oxygens (including phenoxy) is 4. The van der Waals surface area contributed by atoms with Crippen molar-refractivity contribution in [1.29, 1.82) is 0 Å². The lowest BCUT2D eigenvalue weighted by Gasteiger charge is -2.36. The quantitative estimate of drug-likeness (QED) is 0.251. The van der Waals surface area contributed by atoms with Crippen LogP contribution in [-0.2, 0) is 24.5 Å². The first kappa shape index (κ1) is 27.4. The van der Waals surface area contributed by atoms with E-state index in [1.807, 2.05) is 75.4 Å². The molecule has 0 aliphatic heterocycles. The van der Waals surface area contributed by atoms with E-state index in [0.29, 0.717) is 39.6 Å². The Morgan fingerprint density at radius 1 is 0.639 bits per heavy atom. The molecule has 3 aromatic carbocycles. The number of carbonyl (C=O) groups excluding carboxylic acids is 1. The van der Waals surface area contributed by atoms with Crippen LogP contribution in [0.4, 0.5) is 4.79 Å². The lowest BCUT2D eigenvalue weighted by atomic mass is 9.80. The molecular formula is C30H37NO5. The summed E-state index contributed by atoms with van der Waals surface area (Å²) >= 11 is 0. The molecule has 0 spiro atoms. The molecular weight excluding hydrogens is 454 g/mol. The van der Waals surface area contributed by atoms with Gasteiger partial charge in [0.2, 0.25) is 0 Å². The van der Waals surface area contributed by atoms with Gasteiger partial charge in [0.1, 0.15) is 11.2 Å². The zero-order valence-electron chi connectivity index (χ0n) is 21.4. The lowest BCUT2D eigenvalue weighted by molar-refractivity contribution is -0.0332. The van der Waals surface area contributed by atoms with Gasteiger partial charge in [-0.3, -0.25) is 0 Å². The van der Waals surface area contributed by atoms with E-state index in [9.17, 15) is 4.79 Å². The van der Waals surface area contributed by atoms with E-state index < -0.39 is 17.3 Å². The molecule has 0 aromatic heterocycles. The molecule has 6 heteroatoms. The monoisotopic (exact) mass is 491 g/mol. The van der Waals surface area contributed by atoms with E-state index in [1.54, 1.807) is 0 Å². The lowest BCUT2D eigenvalue weighted by Crippen LogP contribution is -2.34. The third-order valence-electron chi connectivity index (χ3n) is 5.37. The summed E-state index contributed by atoms with van der Waals surface area (Å²) < 4.78 is 23.2. The van der Waals surface area contributed by atoms with Gasteiger partial charge in [-0.1, -0.05) is 91.0 Å². The summed E-state index contributed by atoms with van der Waals surface area (Å²) in [6, 6.07) is 30.8. The molecule has 36 heavy (non-hydrogen) atoms. The van der Waals surface area contributed by atoms with Crippen molar-refractivity contribution in [3.05, 3.63) is 108 Å². The standard InChI is InChI=1S/C30H37NO5/c1-29(2,3)36-28(32)31-19-20-33-21-22-34-23-24-35-30(25-13-7-4-8-14-25,26-15-9-5-10-16-26)27-17-11-6-12-18-27/h4-18H,19-24H2,1-3H3,(H,31,32). The molecule has 0 bridgehead atoms. The average Bonchev–Trinajstić information content (AvgIpc) is 2.88. The van der Waals surface area contributed by atoms with E-state index >= 15 is 0 Å². The first-order valence-electron chi connectivity index (χ1n) is 12.3. The van der Waals surface area contributed by atoms with Crippen LogP contribution in [0.3, 0.4) is 0 Å². The fourth-order valence-corrected chi connectivity index (χ4v) is 3.88. The third-order valence-corrected chi connectivity index (χ3v) is 5.37. The van der Waals surface area contributed by atoms with Crippen LogP contribution in [-0.4, -0.2) is 51.3 Å². The second-order valence-electron chi connectivity index (χ2n) is 9.28. The Balaban J connectivity index is 1.52. The predicted molar refractivity (Wildman–Crippen MR) is 141 cm³/mol. The number of carbonyl (C=O) groups is 1. The highest BCUT2D eigenvalue weighted by Gasteiger charge is 2.37. The van der Waals surface area contributed by atoms with Gasteiger partial charge in [0.15, 0.2) is 0 Å². The zero-order chi connectivity index (χ0) is 25.7. The highest BCUT2D eigenvalue weighted by molar-refractivity contribution is 5.67. The molecule has 192 valence electrons. The molecule has 6 nitrogen and oxygen atoms in total. The van der Waals surface area contributed by atoms with Crippen LogP contribution >= 0.6 is 0 Å². The third kappa shape index (κ3) is 8.19. The van der Waals surface area contributed by atoms with Crippen LogP contribution in [0, 0.1) is 0 Å². The van der Waals surface area contributed by atoms with Crippen molar-refractivity contribution in [3.63, 3.8) is 0 Å². The van der Waals surface area contributed by atoms with E-state index in [-0.39, 0.29) is 0 Å². The number of rotatable bonds is 13. The largest absolute Gasteiger partial charge is 0.444 e. The number of benzene rings is 3. The van der Waals surface area contributed by atoms with Crippen molar-refractivity contribution in [1.82, 2.24) is 5.32 Å². The summed E-state index contributed by atoms with van der Waals surface area (Å²) in [6.45, 7) is 7.94. The van der Waals surface area contributed by atoms with E-state index in [4.69, 9.17) is 18.9 Å². The minimum absolute atomic E-state index is 0.381. The summed E-state index contributed by atoms with van der Waals surface area (Å²) in [5.74, 6) is 0. The number of nitrogens with one attached hydrogen (secondary N) is 1. The van der Waals surface area contributed by atoms with Crippen molar-refractivity contribution in [3.8, 4) is 0 Å². The Labute approximate surface area is 214 Å². The number of amides is 1.